The van der Waals surface area contributed by atoms with Crippen LogP contribution < -0.4 is 10.1 Å². The van der Waals surface area contributed by atoms with E-state index in [-0.39, 0.29) is 36.5 Å². The molecule has 2 heterocycles. The lowest BCUT2D eigenvalue weighted by Crippen LogP contribution is -2.42. The van der Waals surface area contributed by atoms with Crippen LogP contribution in [0.3, 0.4) is 0 Å². The Kier molecular flexibility index (Phi) is 5.95. The van der Waals surface area contributed by atoms with Crippen molar-refractivity contribution in [2.24, 2.45) is 0 Å². The first-order valence-electron chi connectivity index (χ1n) is 8.64. The molecule has 2 amide bonds. The largest absolute Gasteiger partial charge is 0.436 e. The molecule has 0 bridgehead atoms. The fourth-order valence-electron chi connectivity index (χ4n) is 2.76. The van der Waals surface area contributed by atoms with Gasteiger partial charge in [-0.25, -0.2) is 13.8 Å². The maximum absolute atomic E-state index is 13.8. The van der Waals surface area contributed by atoms with Gasteiger partial charge in [-0.1, -0.05) is 6.07 Å². The first-order chi connectivity index (χ1) is 13.0. The van der Waals surface area contributed by atoms with Crippen LogP contribution in [0.1, 0.15) is 24.8 Å². The van der Waals surface area contributed by atoms with Gasteiger partial charge in [-0.15, -0.1) is 0 Å². The van der Waals surface area contributed by atoms with E-state index in [0.29, 0.717) is 18.5 Å². The van der Waals surface area contributed by atoms with E-state index in [9.17, 15) is 18.4 Å². The van der Waals surface area contributed by atoms with Gasteiger partial charge < -0.3 is 15.0 Å². The lowest BCUT2D eigenvalue weighted by atomic mass is 10.1. The highest BCUT2D eigenvalue weighted by molar-refractivity contribution is 5.85. The van der Waals surface area contributed by atoms with Crippen molar-refractivity contribution >= 4 is 11.8 Å². The normalized spacial score (nSPS) is 14.1. The van der Waals surface area contributed by atoms with Gasteiger partial charge in [-0.3, -0.25) is 9.59 Å². The van der Waals surface area contributed by atoms with E-state index in [1.165, 1.54) is 17.2 Å². The van der Waals surface area contributed by atoms with E-state index < -0.39 is 11.6 Å². The maximum atomic E-state index is 13.8. The molecule has 1 aliphatic heterocycles. The molecule has 0 atom stereocenters. The number of amides is 2. The number of benzene rings is 1. The topological polar surface area (TPSA) is 71.5 Å². The Hall–Kier alpha value is -3.03. The molecule has 1 N–H and O–H groups in total. The van der Waals surface area contributed by atoms with Gasteiger partial charge in [-0.05, 0) is 31.0 Å². The average Bonchev–Trinajstić information content (AvgIpc) is 2.65. The minimum absolute atomic E-state index is 0.00186. The summed E-state index contributed by atoms with van der Waals surface area (Å²) in [5.74, 6) is -1.93. The van der Waals surface area contributed by atoms with Gasteiger partial charge in [0.05, 0.1) is 6.54 Å². The number of hydrogen-bond acceptors (Lipinski definition) is 4. The van der Waals surface area contributed by atoms with Gasteiger partial charge >= 0.3 is 0 Å². The van der Waals surface area contributed by atoms with Crippen LogP contribution in [0.4, 0.5) is 8.78 Å². The summed E-state index contributed by atoms with van der Waals surface area (Å²) >= 11 is 0. The number of piperidine rings is 1. The van der Waals surface area contributed by atoms with Crippen molar-refractivity contribution in [3.8, 4) is 11.6 Å². The van der Waals surface area contributed by atoms with Crippen LogP contribution in [0, 0.1) is 11.6 Å². The van der Waals surface area contributed by atoms with Gasteiger partial charge in [0.1, 0.15) is 5.82 Å². The molecule has 1 aliphatic rings. The maximum Gasteiger partial charge on any atom is 0.239 e. The molecule has 0 radical (unpaired) electrons. The first-order valence-corrected chi connectivity index (χ1v) is 8.64. The summed E-state index contributed by atoms with van der Waals surface area (Å²) in [6.45, 7) is 0.687. The third-order valence-corrected chi connectivity index (χ3v) is 4.18. The van der Waals surface area contributed by atoms with Crippen LogP contribution in [0.5, 0.6) is 11.6 Å². The molecule has 0 unspecified atom stereocenters. The Morgan fingerprint density at radius 1 is 1.26 bits per heavy atom. The van der Waals surface area contributed by atoms with Crippen LogP contribution in [0.15, 0.2) is 36.5 Å². The number of halogens is 2. The Bertz CT molecular complexity index is 845. The van der Waals surface area contributed by atoms with Crippen molar-refractivity contribution in [2.75, 3.05) is 13.1 Å². The van der Waals surface area contributed by atoms with E-state index in [4.69, 9.17) is 4.74 Å². The van der Waals surface area contributed by atoms with E-state index in [1.54, 1.807) is 12.1 Å². The van der Waals surface area contributed by atoms with Crippen LogP contribution in [0.2, 0.25) is 0 Å². The summed E-state index contributed by atoms with van der Waals surface area (Å²) in [4.78, 5) is 29.5. The monoisotopic (exact) mass is 375 g/mol. The Labute approximate surface area is 155 Å². The average molecular weight is 375 g/mol. The molecule has 1 aromatic heterocycles. The molecule has 27 heavy (non-hydrogen) atoms. The highest BCUT2D eigenvalue weighted by Gasteiger charge is 2.20. The first kappa shape index (κ1) is 18.8. The predicted molar refractivity (Wildman–Crippen MR) is 92.9 cm³/mol. The molecule has 2 aromatic rings. The summed E-state index contributed by atoms with van der Waals surface area (Å²) < 4.78 is 32.2. The van der Waals surface area contributed by atoms with Gasteiger partial charge in [-0.2, -0.15) is 0 Å². The molecular formula is C19H19F2N3O3. The molecule has 0 spiro atoms. The minimum Gasteiger partial charge on any atom is -0.436 e. The van der Waals surface area contributed by atoms with Crippen molar-refractivity contribution < 1.29 is 23.1 Å². The predicted octanol–water partition coefficient (Wildman–Crippen LogP) is 2.78. The summed E-state index contributed by atoms with van der Waals surface area (Å²) in [6, 6.07) is 6.30. The number of ether oxygens (including phenoxy) is 1. The summed E-state index contributed by atoms with van der Waals surface area (Å²) in [5, 5.41) is 2.71. The van der Waals surface area contributed by atoms with E-state index in [2.05, 4.69) is 10.3 Å². The zero-order valence-electron chi connectivity index (χ0n) is 14.6. The smallest absolute Gasteiger partial charge is 0.239 e. The highest BCUT2D eigenvalue weighted by atomic mass is 19.1. The van der Waals surface area contributed by atoms with Crippen molar-refractivity contribution in [1.82, 2.24) is 15.2 Å². The number of pyridine rings is 1. The van der Waals surface area contributed by atoms with Crippen LogP contribution in [0.25, 0.3) is 0 Å². The molecule has 0 saturated carbocycles. The molecule has 3 rings (SSSR count). The van der Waals surface area contributed by atoms with Crippen molar-refractivity contribution in [3.63, 3.8) is 0 Å². The molecule has 1 saturated heterocycles. The zero-order chi connectivity index (χ0) is 19.2. The second-order valence-electron chi connectivity index (χ2n) is 6.19. The zero-order valence-corrected chi connectivity index (χ0v) is 14.6. The van der Waals surface area contributed by atoms with E-state index in [0.717, 1.165) is 25.0 Å². The standard InChI is InChI=1S/C19H19F2N3O3/c20-14-6-7-16(15(21)10-14)27-19-13(4-3-8-22-19)11-23-17(25)12-24-9-2-1-5-18(24)26/h3-4,6-8,10H,1-2,5,9,11-12H2,(H,23,25). The number of aromatic nitrogens is 1. The Morgan fingerprint density at radius 2 is 2.11 bits per heavy atom. The minimum atomic E-state index is -0.848. The molecule has 1 aromatic carbocycles. The lowest BCUT2D eigenvalue weighted by Gasteiger charge is -2.26. The number of hydrogen-bond donors (Lipinski definition) is 1. The van der Waals surface area contributed by atoms with Gasteiger partial charge in [0.2, 0.25) is 17.7 Å². The third kappa shape index (κ3) is 4.99. The van der Waals surface area contributed by atoms with Crippen LogP contribution in [-0.2, 0) is 16.1 Å². The van der Waals surface area contributed by atoms with E-state index >= 15 is 0 Å². The summed E-state index contributed by atoms with van der Waals surface area (Å²) in [7, 11) is 0. The third-order valence-electron chi connectivity index (χ3n) is 4.18. The SMILES string of the molecule is O=C(CN1CCCCC1=O)NCc1cccnc1Oc1ccc(F)cc1F. The number of carbonyl (C=O) groups is 2. The molecule has 6 nitrogen and oxygen atoms in total. The summed E-state index contributed by atoms with van der Waals surface area (Å²) in [6.07, 6.45) is 3.68. The fraction of sp³-hybridized carbons (Fsp3) is 0.316. The Morgan fingerprint density at radius 3 is 2.89 bits per heavy atom. The second kappa shape index (κ2) is 8.57. The number of likely N-dealkylation sites (tertiary alicyclic amines) is 1. The van der Waals surface area contributed by atoms with Crippen molar-refractivity contribution in [2.45, 2.75) is 25.8 Å². The van der Waals surface area contributed by atoms with Crippen molar-refractivity contribution in [3.05, 3.63) is 53.7 Å². The number of rotatable bonds is 6. The van der Waals surface area contributed by atoms with Gasteiger partial charge in [0.25, 0.3) is 0 Å². The van der Waals surface area contributed by atoms with Crippen LogP contribution >= 0.6 is 0 Å². The molecule has 1 fully saturated rings. The van der Waals surface area contributed by atoms with Gasteiger partial charge in [0.15, 0.2) is 11.6 Å². The van der Waals surface area contributed by atoms with Crippen LogP contribution in [-0.4, -0.2) is 34.8 Å². The molecule has 0 aliphatic carbocycles. The van der Waals surface area contributed by atoms with Gasteiger partial charge in [0, 0.05) is 37.3 Å². The number of nitrogens with one attached hydrogen (secondary N) is 1. The number of nitrogens with zero attached hydrogens (tertiary/aromatic N) is 2. The highest BCUT2D eigenvalue weighted by Crippen LogP contribution is 2.26. The van der Waals surface area contributed by atoms with Crippen molar-refractivity contribution in [1.29, 1.82) is 0 Å². The molecule has 8 heteroatoms. The molecular weight excluding hydrogens is 356 g/mol. The summed E-state index contributed by atoms with van der Waals surface area (Å²) in [5.41, 5.74) is 0.527. The Balaban J connectivity index is 1.62. The quantitative estimate of drug-likeness (QED) is 0.843. The second-order valence-corrected chi connectivity index (χ2v) is 6.19. The van der Waals surface area contributed by atoms with E-state index in [1.807, 2.05) is 0 Å². The lowest BCUT2D eigenvalue weighted by molar-refractivity contribution is -0.137. The fourth-order valence-corrected chi connectivity index (χ4v) is 2.76. The molecule has 142 valence electrons. The number of carbonyl (C=O) groups excluding carboxylic acids is 2.